The summed E-state index contributed by atoms with van der Waals surface area (Å²) >= 11 is 6.29. The third-order valence-electron chi connectivity index (χ3n) is 6.34. The smallest absolute Gasteiger partial charge is 0.416 e. The number of anilines is 2. The van der Waals surface area contributed by atoms with Crippen molar-refractivity contribution >= 4 is 40.9 Å². The van der Waals surface area contributed by atoms with Crippen LogP contribution < -0.4 is 15.5 Å². The summed E-state index contributed by atoms with van der Waals surface area (Å²) in [6.07, 6.45) is -4.77. The molecule has 3 N–H and O–H groups in total. The average Bonchev–Trinajstić information content (AvgIpc) is 3.28. The third kappa shape index (κ3) is 4.30. The lowest BCUT2D eigenvalue weighted by molar-refractivity contribution is -0.137. The zero-order valence-corrected chi connectivity index (χ0v) is 19.7. The Labute approximate surface area is 215 Å². The van der Waals surface area contributed by atoms with Gasteiger partial charge in [-0.15, -0.1) is 0 Å². The van der Waals surface area contributed by atoms with Crippen molar-refractivity contribution in [2.24, 2.45) is 0 Å². The molecule has 0 saturated carbocycles. The summed E-state index contributed by atoms with van der Waals surface area (Å²) in [6.45, 7) is 0.105. The number of urea groups is 1. The molecule has 2 aliphatic heterocycles. The summed E-state index contributed by atoms with van der Waals surface area (Å²) in [4.78, 5) is 39.2. The van der Waals surface area contributed by atoms with Crippen LogP contribution in [0, 0.1) is 11.6 Å². The second-order valence-electron chi connectivity index (χ2n) is 8.65. The van der Waals surface area contributed by atoms with E-state index in [9.17, 15) is 41.4 Å². The quantitative estimate of drug-likeness (QED) is 0.359. The van der Waals surface area contributed by atoms with E-state index in [1.807, 2.05) is 0 Å². The number of aromatic carboxylic acids is 1. The Morgan fingerprint density at radius 2 is 1.82 bits per heavy atom. The van der Waals surface area contributed by atoms with Crippen LogP contribution in [0.1, 0.15) is 49.0 Å². The number of benzene rings is 3. The minimum atomic E-state index is -4.93. The molecule has 0 radical (unpaired) electrons. The molecule has 3 aromatic carbocycles. The molecule has 3 aromatic rings. The second-order valence-corrected chi connectivity index (χ2v) is 9.06. The van der Waals surface area contributed by atoms with Crippen molar-refractivity contribution in [3.8, 4) is 0 Å². The van der Waals surface area contributed by atoms with E-state index in [0.717, 1.165) is 18.2 Å². The molecule has 0 aromatic heterocycles. The first-order valence-corrected chi connectivity index (χ1v) is 11.4. The Morgan fingerprint density at radius 1 is 1.08 bits per heavy atom. The molecule has 1 atom stereocenters. The van der Waals surface area contributed by atoms with Gasteiger partial charge in [0.2, 0.25) is 0 Å². The monoisotopic (exact) mass is 551 g/mol. The van der Waals surface area contributed by atoms with Gasteiger partial charge in [-0.3, -0.25) is 9.69 Å². The largest absolute Gasteiger partial charge is 0.478 e. The van der Waals surface area contributed by atoms with Crippen LogP contribution in [-0.2, 0) is 12.6 Å². The number of hydrogen-bond donors (Lipinski definition) is 3. The second kappa shape index (κ2) is 8.98. The minimum Gasteiger partial charge on any atom is -0.478 e. The van der Waals surface area contributed by atoms with Crippen molar-refractivity contribution < 1.29 is 41.4 Å². The molecule has 7 nitrogen and oxygen atoms in total. The van der Waals surface area contributed by atoms with Crippen LogP contribution in [0.4, 0.5) is 38.1 Å². The molecule has 196 valence electrons. The van der Waals surface area contributed by atoms with Crippen molar-refractivity contribution in [2.75, 3.05) is 16.8 Å². The first kappa shape index (κ1) is 25.5. The van der Waals surface area contributed by atoms with Crippen molar-refractivity contribution in [1.82, 2.24) is 5.32 Å². The van der Waals surface area contributed by atoms with Crippen molar-refractivity contribution in [3.05, 3.63) is 92.5 Å². The van der Waals surface area contributed by atoms with Gasteiger partial charge in [0.05, 0.1) is 22.9 Å². The van der Waals surface area contributed by atoms with Gasteiger partial charge in [0.15, 0.2) is 0 Å². The average molecular weight is 552 g/mol. The number of carbonyl (C=O) groups excluding carboxylic acids is 2. The van der Waals surface area contributed by atoms with Crippen molar-refractivity contribution in [1.29, 1.82) is 0 Å². The molecule has 13 heteroatoms. The van der Waals surface area contributed by atoms with E-state index in [1.165, 1.54) is 11.0 Å². The number of carboxylic acids is 1. The van der Waals surface area contributed by atoms with E-state index in [4.69, 9.17) is 11.6 Å². The Bertz CT molecular complexity index is 1540. The Kier molecular flexibility index (Phi) is 6.02. The molecule has 1 unspecified atom stereocenters. The molecule has 0 spiro atoms. The maximum Gasteiger partial charge on any atom is 0.416 e. The highest BCUT2D eigenvalue weighted by Gasteiger charge is 2.41. The highest BCUT2D eigenvalue weighted by molar-refractivity contribution is 6.31. The minimum absolute atomic E-state index is 0.0523. The third-order valence-corrected chi connectivity index (χ3v) is 6.68. The molecule has 0 fully saturated rings. The van der Waals surface area contributed by atoms with E-state index >= 15 is 0 Å². The highest BCUT2D eigenvalue weighted by atomic mass is 35.5. The molecule has 0 bridgehead atoms. The lowest BCUT2D eigenvalue weighted by Gasteiger charge is -2.35. The van der Waals surface area contributed by atoms with Crippen LogP contribution in [0.2, 0.25) is 5.02 Å². The summed E-state index contributed by atoms with van der Waals surface area (Å²) in [5.41, 5.74) is -1.84. The van der Waals surface area contributed by atoms with Gasteiger partial charge in [-0.25, -0.2) is 18.4 Å². The number of hydrogen-bond acceptors (Lipinski definition) is 3. The lowest BCUT2D eigenvalue weighted by Crippen LogP contribution is -2.46. The van der Waals surface area contributed by atoms with Crippen LogP contribution in [0.15, 0.2) is 42.5 Å². The fraction of sp³-hybridized carbons (Fsp3) is 0.160. The molecule has 2 heterocycles. The first-order chi connectivity index (χ1) is 17.8. The van der Waals surface area contributed by atoms with Gasteiger partial charge in [0.25, 0.3) is 5.91 Å². The standard InChI is InChI=1S/C25H15ClF5N3O4/c26-17-2-1-12(27)8-16(17)20-19-18(32-22(35)10-5-11(25(29,30)31)7-13(28)6-10)9-15(23(36)37)14-3-4-34(21(14)19)24(38)33-20/h1-2,5-9,20H,3-4H2,(H,32,35)(H,33,38)(H,36,37). The molecular formula is C25H15ClF5N3O4. The van der Waals surface area contributed by atoms with Crippen molar-refractivity contribution in [2.45, 2.75) is 18.6 Å². The zero-order valence-electron chi connectivity index (χ0n) is 18.9. The van der Waals surface area contributed by atoms with Crippen LogP contribution in [-0.4, -0.2) is 29.6 Å². The fourth-order valence-corrected chi connectivity index (χ4v) is 4.96. The highest BCUT2D eigenvalue weighted by Crippen LogP contribution is 2.48. The van der Waals surface area contributed by atoms with E-state index in [0.29, 0.717) is 12.1 Å². The summed E-state index contributed by atoms with van der Waals surface area (Å²) in [6, 6.07) is 3.98. The molecule has 5 rings (SSSR count). The number of nitrogens with one attached hydrogen (secondary N) is 2. The molecule has 3 amide bonds. The Hall–Kier alpha value is -4.19. The number of nitrogens with zero attached hydrogens (tertiary/aromatic N) is 1. The Balaban J connectivity index is 1.70. The maximum atomic E-state index is 14.2. The van der Waals surface area contributed by atoms with Crippen molar-refractivity contribution in [3.63, 3.8) is 0 Å². The first-order valence-electron chi connectivity index (χ1n) is 11.0. The van der Waals surface area contributed by atoms with Gasteiger partial charge < -0.3 is 15.7 Å². The van der Waals surface area contributed by atoms with Gasteiger partial charge in [-0.2, -0.15) is 13.2 Å². The molecule has 0 saturated heterocycles. The number of carbonyl (C=O) groups is 3. The Morgan fingerprint density at radius 3 is 2.50 bits per heavy atom. The lowest BCUT2D eigenvalue weighted by atomic mass is 9.89. The zero-order chi connectivity index (χ0) is 27.5. The van der Waals surface area contributed by atoms with Crippen LogP contribution in [0.25, 0.3) is 0 Å². The molecule has 2 aliphatic rings. The predicted molar refractivity (Wildman–Crippen MR) is 126 cm³/mol. The van der Waals surface area contributed by atoms with E-state index in [2.05, 4.69) is 10.6 Å². The van der Waals surface area contributed by atoms with Crippen LogP contribution >= 0.6 is 11.6 Å². The van der Waals surface area contributed by atoms with Gasteiger partial charge in [0, 0.05) is 33.9 Å². The van der Waals surface area contributed by atoms with Gasteiger partial charge >= 0.3 is 18.2 Å². The van der Waals surface area contributed by atoms with Gasteiger partial charge in [-0.1, -0.05) is 11.6 Å². The topological polar surface area (TPSA) is 98.7 Å². The molecular weight excluding hydrogens is 537 g/mol. The fourth-order valence-electron chi connectivity index (χ4n) is 4.73. The summed E-state index contributed by atoms with van der Waals surface area (Å²) in [7, 11) is 0. The SMILES string of the molecule is O=C(Nc1cc(C(=O)O)c2c3c1C(c1cc(F)ccc1Cl)NC(=O)N3CC2)c1cc(F)cc(C(F)(F)F)c1. The van der Waals surface area contributed by atoms with Crippen LogP contribution in [0.3, 0.4) is 0 Å². The van der Waals surface area contributed by atoms with E-state index in [1.54, 1.807) is 0 Å². The van der Waals surface area contributed by atoms with Gasteiger partial charge in [-0.05, 0) is 54.4 Å². The van der Waals surface area contributed by atoms with Crippen LogP contribution in [0.5, 0.6) is 0 Å². The number of halogens is 6. The van der Waals surface area contributed by atoms with Gasteiger partial charge in [0.1, 0.15) is 11.6 Å². The number of rotatable bonds is 4. The maximum absolute atomic E-state index is 14.2. The van der Waals surface area contributed by atoms with E-state index in [-0.39, 0.29) is 57.7 Å². The number of carboxylic acid groups (broad SMARTS) is 1. The van der Waals surface area contributed by atoms with E-state index < -0.39 is 52.9 Å². The molecule has 38 heavy (non-hydrogen) atoms. The summed E-state index contributed by atoms with van der Waals surface area (Å²) < 4.78 is 67.7. The normalized spacial score (nSPS) is 16.2. The predicted octanol–water partition coefficient (Wildman–Crippen LogP) is 5.76. The number of amides is 3. The molecule has 0 aliphatic carbocycles. The summed E-state index contributed by atoms with van der Waals surface area (Å²) in [5, 5.41) is 14.9. The number of alkyl halides is 3. The summed E-state index contributed by atoms with van der Waals surface area (Å²) in [5.74, 6) is -4.55.